The van der Waals surface area contributed by atoms with E-state index in [0.29, 0.717) is 13.0 Å². The second-order valence-electron chi connectivity index (χ2n) is 3.89. The molecule has 13 heavy (non-hydrogen) atoms. The number of aliphatic hydroxyl groups is 4. The molecule has 0 aromatic carbocycles. The van der Waals surface area contributed by atoms with Crippen LogP contribution in [0.3, 0.4) is 0 Å². The van der Waals surface area contributed by atoms with Crippen molar-refractivity contribution in [2.75, 3.05) is 6.54 Å². The van der Waals surface area contributed by atoms with E-state index in [1.54, 1.807) is 0 Å². The van der Waals surface area contributed by atoms with Gasteiger partial charge in [-0.1, -0.05) is 0 Å². The summed E-state index contributed by atoms with van der Waals surface area (Å²) >= 11 is 0. The Balaban J connectivity index is 2.19. The third-order valence-corrected chi connectivity index (χ3v) is 3.14. The minimum absolute atomic E-state index is 0.381. The minimum atomic E-state index is -1.14. The Labute approximate surface area is 76.0 Å². The van der Waals surface area contributed by atoms with Gasteiger partial charge in [-0.25, -0.2) is 0 Å². The summed E-state index contributed by atoms with van der Waals surface area (Å²) < 4.78 is 0. The van der Waals surface area contributed by atoms with E-state index in [1.807, 2.05) is 0 Å². The topological polar surface area (TPSA) is 93.0 Å². The van der Waals surface area contributed by atoms with E-state index in [0.717, 1.165) is 0 Å². The molecule has 0 radical (unpaired) electrons. The minimum Gasteiger partial charge on any atom is -0.393 e. The lowest BCUT2D eigenvalue weighted by Gasteiger charge is -2.33. The summed E-state index contributed by atoms with van der Waals surface area (Å²) in [6.45, 7) is 0.610. The molecule has 0 aromatic heterocycles. The van der Waals surface area contributed by atoms with E-state index >= 15 is 0 Å². The molecule has 1 heterocycles. The Morgan fingerprint density at radius 3 is 2.23 bits per heavy atom. The molecular formula is C8H15NO4. The van der Waals surface area contributed by atoms with Gasteiger partial charge in [0, 0.05) is 12.0 Å². The van der Waals surface area contributed by atoms with E-state index in [-0.39, 0.29) is 6.04 Å². The maximum Gasteiger partial charge on any atom is 0.108 e. The monoisotopic (exact) mass is 189 g/mol. The van der Waals surface area contributed by atoms with Crippen molar-refractivity contribution in [3.8, 4) is 0 Å². The fraction of sp³-hybridized carbons (Fsp3) is 1.00. The molecule has 5 heteroatoms. The van der Waals surface area contributed by atoms with Gasteiger partial charge in [0.25, 0.3) is 0 Å². The molecule has 2 rings (SSSR count). The summed E-state index contributed by atoms with van der Waals surface area (Å²) in [5.41, 5.74) is 0. The standard InChI is InChI=1S/C8H15NO4/c10-3-1-2-9-5-4(3)6(11)8(13)7(5)12/h3-13H,1-2H2/t3-,4-,5-,6+,7+,8-/m1/s1. The Bertz CT molecular complexity index is 201. The molecule has 1 aliphatic heterocycles. The third kappa shape index (κ3) is 1.28. The molecule has 5 N–H and O–H groups in total. The fourth-order valence-electron chi connectivity index (χ4n) is 2.40. The third-order valence-electron chi connectivity index (χ3n) is 3.14. The second-order valence-corrected chi connectivity index (χ2v) is 3.89. The van der Waals surface area contributed by atoms with Gasteiger partial charge in [-0.3, -0.25) is 0 Å². The molecule has 1 aliphatic carbocycles. The van der Waals surface area contributed by atoms with Crippen LogP contribution in [-0.4, -0.2) is 57.4 Å². The van der Waals surface area contributed by atoms with Gasteiger partial charge in [0.1, 0.15) is 6.10 Å². The normalized spacial score (nSPS) is 56.3. The van der Waals surface area contributed by atoms with Gasteiger partial charge in [0.05, 0.1) is 18.3 Å². The zero-order chi connectivity index (χ0) is 9.59. The van der Waals surface area contributed by atoms with Gasteiger partial charge in [-0.15, -0.1) is 0 Å². The largest absolute Gasteiger partial charge is 0.393 e. The summed E-state index contributed by atoms with van der Waals surface area (Å²) in [4.78, 5) is 0. The number of rotatable bonds is 0. The van der Waals surface area contributed by atoms with Crippen molar-refractivity contribution >= 4 is 0 Å². The molecule has 2 fully saturated rings. The molecule has 1 saturated carbocycles. The molecule has 0 amide bonds. The van der Waals surface area contributed by atoms with E-state index < -0.39 is 30.3 Å². The van der Waals surface area contributed by atoms with Crippen LogP contribution in [0, 0.1) is 5.92 Å². The lowest BCUT2D eigenvalue weighted by molar-refractivity contribution is -0.0430. The van der Waals surface area contributed by atoms with Crippen molar-refractivity contribution in [2.45, 2.75) is 36.9 Å². The summed E-state index contributed by atoms with van der Waals surface area (Å²) in [5.74, 6) is -0.446. The lowest BCUT2D eigenvalue weighted by atomic mass is 9.89. The van der Waals surface area contributed by atoms with Crippen LogP contribution >= 0.6 is 0 Å². The van der Waals surface area contributed by atoms with Crippen LogP contribution in [0.2, 0.25) is 0 Å². The van der Waals surface area contributed by atoms with Crippen LogP contribution in [-0.2, 0) is 0 Å². The predicted molar refractivity (Wildman–Crippen MR) is 43.9 cm³/mol. The summed E-state index contributed by atoms with van der Waals surface area (Å²) in [6.07, 6.45) is -3.22. The smallest absolute Gasteiger partial charge is 0.108 e. The Hall–Kier alpha value is -0.200. The van der Waals surface area contributed by atoms with Crippen LogP contribution in [0.4, 0.5) is 0 Å². The summed E-state index contributed by atoms with van der Waals surface area (Å²) in [7, 11) is 0. The first-order valence-electron chi connectivity index (χ1n) is 4.58. The van der Waals surface area contributed by atoms with Gasteiger partial charge in [-0.05, 0) is 13.0 Å². The highest BCUT2D eigenvalue weighted by Crippen LogP contribution is 2.33. The zero-order valence-electron chi connectivity index (χ0n) is 7.17. The van der Waals surface area contributed by atoms with E-state index in [2.05, 4.69) is 5.32 Å². The van der Waals surface area contributed by atoms with Crippen molar-refractivity contribution in [1.29, 1.82) is 0 Å². The first-order chi connectivity index (χ1) is 6.13. The molecule has 76 valence electrons. The van der Waals surface area contributed by atoms with Crippen LogP contribution in [0.15, 0.2) is 0 Å². The van der Waals surface area contributed by atoms with Crippen molar-refractivity contribution in [1.82, 2.24) is 5.32 Å². The van der Waals surface area contributed by atoms with Gasteiger partial charge < -0.3 is 25.7 Å². The molecular weight excluding hydrogens is 174 g/mol. The van der Waals surface area contributed by atoms with Crippen molar-refractivity contribution < 1.29 is 20.4 Å². The van der Waals surface area contributed by atoms with Gasteiger partial charge >= 0.3 is 0 Å². The first-order valence-corrected chi connectivity index (χ1v) is 4.58. The van der Waals surface area contributed by atoms with E-state index in [9.17, 15) is 20.4 Å². The van der Waals surface area contributed by atoms with Crippen LogP contribution in [0.5, 0.6) is 0 Å². The van der Waals surface area contributed by atoms with Crippen LogP contribution < -0.4 is 5.32 Å². The summed E-state index contributed by atoms with van der Waals surface area (Å²) in [5, 5.41) is 40.9. The first kappa shape index (κ1) is 9.36. The number of piperidine rings is 1. The van der Waals surface area contributed by atoms with Gasteiger partial charge in [0.15, 0.2) is 0 Å². The second kappa shape index (κ2) is 3.18. The number of hydrogen-bond donors (Lipinski definition) is 5. The maximum absolute atomic E-state index is 9.56. The number of aliphatic hydroxyl groups excluding tert-OH is 4. The van der Waals surface area contributed by atoms with Crippen molar-refractivity contribution in [3.63, 3.8) is 0 Å². The molecule has 0 unspecified atom stereocenters. The van der Waals surface area contributed by atoms with Gasteiger partial charge in [-0.2, -0.15) is 0 Å². The molecule has 5 nitrogen and oxygen atoms in total. The number of hydrogen-bond acceptors (Lipinski definition) is 5. The SMILES string of the molecule is O[C@H]1[C@@H](O)[C@@H]2NCC[C@@H](O)[C@H]2[C@@H]1O. The fourth-order valence-corrected chi connectivity index (χ4v) is 2.40. The van der Waals surface area contributed by atoms with Crippen molar-refractivity contribution in [3.05, 3.63) is 0 Å². The average molecular weight is 189 g/mol. The average Bonchev–Trinajstić information content (AvgIpc) is 2.33. The Morgan fingerprint density at radius 1 is 0.923 bits per heavy atom. The quantitative estimate of drug-likeness (QED) is 0.289. The van der Waals surface area contributed by atoms with E-state index in [1.165, 1.54) is 0 Å². The van der Waals surface area contributed by atoms with Crippen molar-refractivity contribution in [2.24, 2.45) is 5.92 Å². The Morgan fingerprint density at radius 2 is 1.62 bits per heavy atom. The molecule has 0 spiro atoms. The zero-order valence-corrected chi connectivity index (χ0v) is 7.17. The maximum atomic E-state index is 9.56. The highest BCUT2D eigenvalue weighted by Gasteiger charge is 2.52. The molecule has 1 saturated heterocycles. The van der Waals surface area contributed by atoms with Crippen LogP contribution in [0.1, 0.15) is 6.42 Å². The molecule has 0 bridgehead atoms. The van der Waals surface area contributed by atoms with E-state index in [4.69, 9.17) is 0 Å². The molecule has 6 atom stereocenters. The number of nitrogens with one attached hydrogen (secondary N) is 1. The van der Waals surface area contributed by atoms with Gasteiger partial charge in [0.2, 0.25) is 0 Å². The molecule has 2 aliphatic rings. The highest BCUT2D eigenvalue weighted by molar-refractivity contribution is 5.06. The summed E-state index contributed by atoms with van der Waals surface area (Å²) in [6, 6.07) is -0.381. The number of fused-ring (bicyclic) bond motifs is 1. The predicted octanol–water partition coefficient (Wildman–Crippen LogP) is -2.58. The molecule has 0 aromatic rings. The van der Waals surface area contributed by atoms with Crippen LogP contribution in [0.25, 0.3) is 0 Å². The highest BCUT2D eigenvalue weighted by atomic mass is 16.4. The lowest BCUT2D eigenvalue weighted by Crippen LogP contribution is -2.52. The Kier molecular flexibility index (Phi) is 2.29.